The minimum atomic E-state index is 0.791. The molecule has 0 aliphatic rings. The van der Waals surface area contributed by atoms with E-state index in [0.29, 0.717) is 0 Å². The van der Waals surface area contributed by atoms with E-state index < -0.39 is 0 Å². The molecule has 1 N–H and O–H groups in total. The van der Waals surface area contributed by atoms with Gasteiger partial charge in [-0.3, -0.25) is 4.98 Å². The van der Waals surface area contributed by atoms with Crippen molar-refractivity contribution in [1.82, 2.24) is 10.3 Å². The van der Waals surface area contributed by atoms with Crippen LogP contribution in [-0.2, 0) is 19.5 Å². The van der Waals surface area contributed by atoms with Crippen LogP contribution >= 0.6 is 11.6 Å². The van der Waals surface area contributed by atoms with Crippen LogP contribution < -0.4 is 5.32 Å². The highest BCUT2D eigenvalue weighted by Gasteiger charge is 2.02. The van der Waals surface area contributed by atoms with Crippen LogP contribution in [0.25, 0.3) is 0 Å². The molecule has 1 heterocycles. The summed E-state index contributed by atoms with van der Waals surface area (Å²) in [4.78, 5) is 4.43. The molecule has 1 aromatic carbocycles. The SMILES string of the molecule is CCc1cccnc1CNCc1ccc(Cl)cc1C. The number of nitrogens with zero attached hydrogens (tertiary/aromatic N) is 1. The van der Waals surface area contributed by atoms with Gasteiger partial charge in [-0.15, -0.1) is 0 Å². The first-order valence-electron chi connectivity index (χ1n) is 6.59. The van der Waals surface area contributed by atoms with Crippen molar-refractivity contribution in [2.75, 3.05) is 0 Å². The van der Waals surface area contributed by atoms with E-state index in [4.69, 9.17) is 11.6 Å². The van der Waals surface area contributed by atoms with Gasteiger partial charge in [0.05, 0.1) is 5.69 Å². The molecule has 0 unspecified atom stereocenters. The molecule has 2 aromatic rings. The number of halogens is 1. The molecule has 2 nitrogen and oxygen atoms in total. The van der Waals surface area contributed by atoms with E-state index >= 15 is 0 Å². The quantitative estimate of drug-likeness (QED) is 0.895. The number of hydrogen-bond acceptors (Lipinski definition) is 2. The van der Waals surface area contributed by atoms with Gasteiger partial charge in [0.15, 0.2) is 0 Å². The highest BCUT2D eigenvalue weighted by atomic mass is 35.5. The molecule has 0 bridgehead atoms. The molecule has 0 spiro atoms. The van der Waals surface area contributed by atoms with E-state index in [9.17, 15) is 0 Å². The first-order valence-corrected chi connectivity index (χ1v) is 6.97. The third-order valence-electron chi connectivity index (χ3n) is 3.28. The summed E-state index contributed by atoms with van der Waals surface area (Å²) in [7, 11) is 0. The molecule has 19 heavy (non-hydrogen) atoms. The highest BCUT2D eigenvalue weighted by molar-refractivity contribution is 6.30. The summed E-state index contributed by atoms with van der Waals surface area (Å²) in [6.07, 6.45) is 2.87. The van der Waals surface area contributed by atoms with E-state index in [1.165, 1.54) is 16.7 Å². The lowest BCUT2D eigenvalue weighted by molar-refractivity contribution is 0.671. The summed E-state index contributed by atoms with van der Waals surface area (Å²) in [6.45, 7) is 5.87. The van der Waals surface area contributed by atoms with Crippen LogP contribution in [0.5, 0.6) is 0 Å². The van der Waals surface area contributed by atoms with Gasteiger partial charge in [-0.05, 0) is 48.2 Å². The van der Waals surface area contributed by atoms with Gasteiger partial charge < -0.3 is 5.32 Å². The number of aromatic nitrogens is 1. The monoisotopic (exact) mass is 274 g/mol. The molecule has 2 rings (SSSR count). The van der Waals surface area contributed by atoms with Crippen LogP contribution in [0.15, 0.2) is 36.5 Å². The minimum absolute atomic E-state index is 0.791. The van der Waals surface area contributed by atoms with E-state index in [1.807, 2.05) is 24.4 Å². The van der Waals surface area contributed by atoms with Crippen LogP contribution in [0.4, 0.5) is 0 Å². The lowest BCUT2D eigenvalue weighted by atomic mass is 10.1. The lowest BCUT2D eigenvalue weighted by Gasteiger charge is -2.10. The second kappa shape index (κ2) is 6.69. The van der Waals surface area contributed by atoms with Crippen molar-refractivity contribution >= 4 is 11.6 Å². The topological polar surface area (TPSA) is 24.9 Å². The number of pyridine rings is 1. The summed E-state index contributed by atoms with van der Waals surface area (Å²) in [6, 6.07) is 10.1. The van der Waals surface area contributed by atoms with Crippen molar-refractivity contribution in [3.63, 3.8) is 0 Å². The maximum atomic E-state index is 5.96. The van der Waals surface area contributed by atoms with Gasteiger partial charge in [-0.1, -0.05) is 30.7 Å². The third-order valence-corrected chi connectivity index (χ3v) is 3.51. The molecule has 1 aromatic heterocycles. The van der Waals surface area contributed by atoms with Crippen LogP contribution in [0, 0.1) is 6.92 Å². The number of aryl methyl sites for hydroxylation is 2. The normalized spacial score (nSPS) is 10.7. The summed E-state index contributed by atoms with van der Waals surface area (Å²) in [5, 5.41) is 4.24. The molecule has 0 amide bonds. The predicted molar refractivity (Wildman–Crippen MR) is 80.3 cm³/mol. The fourth-order valence-electron chi connectivity index (χ4n) is 2.13. The van der Waals surface area contributed by atoms with E-state index in [2.05, 4.69) is 36.3 Å². The Morgan fingerprint density at radius 2 is 2.00 bits per heavy atom. The average molecular weight is 275 g/mol. The number of hydrogen-bond donors (Lipinski definition) is 1. The Balaban J connectivity index is 1.96. The van der Waals surface area contributed by atoms with Gasteiger partial charge in [-0.25, -0.2) is 0 Å². The fourth-order valence-corrected chi connectivity index (χ4v) is 2.35. The average Bonchev–Trinajstić information content (AvgIpc) is 2.42. The van der Waals surface area contributed by atoms with E-state index in [1.54, 1.807) is 0 Å². The van der Waals surface area contributed by atoms with E-state index in [-0.39, 0.29) is 0 Å². The Morgan fingerprint density at radius 1 is 1.16 bits per heavy atom. The number of benzene rings is 1. The van der Waals surface area contributed by atoms with Crippen LogP contribution in [0.1, 0.15) is 29.3 Å². The van der Waals surface area contributed by atoms with Gasteiger partial charge >= 0.3 is 0 Å². The van der Waals surface area contributed by atoms with Crippen LogP contribution in [0.2, 0.25) is 5.02 Å². The lowest BCUT2D eigenvalue weighted by Crippen LogP contribution is -2.15. The summed E-state index contributed by atoms with van der Waals surface area (Å²) in [5.74, 6) is 0. The largest absolute Gasteiger partial charge is 0.307 e. The molecule has 0 atom stereocenters. The van der Waals surface area contributed by atoms with Crippen molar-refractivity contribution in [2.24, 2.45) is 0 Å². The zero-order chi connectivity index (χ0) is 13.7. The van der Waals surface area contributed by atoms with Crippen molar-refractivity contribution < 1.29 is 0 Å². The molecule has 0 aliphatic heterocycles. The molecule has 100 valence electrons. The zero-order valence-electron chi connectivity index (χ0n) is 11.4. The molecular weight excluding hydrogens is 256 g/mol. The van der Waals surface area contributed by atoms with Gasteiger partial charge in [0, 0.05) is 24.3 Å². The number of nitrogens with one attached hydrogen (secondary N) is 1. The summed E-state index contributed by atoms with van der Waals surface area (Å²) >= 11 is 5.96. The zero-order valence-corrected chi connectivity index (χ0v) is 12.2. The van der Waals surface area contributed by atoms with Crippen molar-refractivity contribution in [2.45, 2.75) is 33.4 Å². The number of rotatable bonds is 5. The minimum Gasteiger partial charge on any atom is -0.307 e. The highest BCUT2D eigenvalue weighted by Crippen LogP contribution is 2.15. The predicted octanol–water partition coefficient (Wildman–Crippen LogP) is 3.90. The Hall–Kier alpha value is -1.38. The Bertz CT molecular complexity index is 552. The Kier molecular flexibility index (Phi) is 4.94. The molecular formula is C16H19ClN2. The fraction of sp³-hybridized carbons (Fsp3) is 0.312. The first-order chi connectivity index (χ1) is 9.20. The van der Waals surface area contributed by atoms with Crippen molar-refractivity contribution in [1.29, 1.82) is 0 Å². The Labute approximate surface area is 119 Å². The van der Waals surface area contributed by atoms with Crippen LogP contribution in [-0.4, -0.2) is 4.98 Å². The van der Waals surface area contributed by atoms with E-state index in [0.717, 1.165) is 30.2 Å². The van der Waals surface area contributed by atoms with Gasteiger partial charge in [0.25, 0.3) is 0 Å². The van der Waals surface area contributed by atoms with Crippen molar-refractivity contribution in [3.8, 4) is 0 Å². The first kappa shape index (κ1) is 14.0. The summed E-state index contributed by atoms with van der Waals surface area (Å²) in [5.41, 5.74) is 4.94. The van der Waals surface area contributed by atoms with Crippen molar-refractivity contribution in [3.05, 3.63) is 63.9 Å². The summed E-state index contributed by atoms with van der Waals surface area (Å²) < 4.78 is 0. The maximum Gasteiger partial charge on any atom is 0.0573 e. The Morgan fingerprint density at radius 3 is 2.74 bits per heavy atom. The molecule has 0 aliphatic carbocycles. The van der Waals surface area contributed by atoms with Crippen LogP contribution in [0.3, 0.4) is 0 Å². The molecule has 0 saturated heterocycles. The molecule has 0 radical (unpaired) electrons. The standard InChI is InChI=1S/C16H19ClN2/c1-3-13-5-4-8-19-16(13)11-18-10-14-6-7-15(17)9-12(14)2/h4-9,18H,3,10-11H2,1-2H3. The molecule has 0 saturated carbocycles. The smallest absolute Gasteiger partial charge is 0.0573 e. The van der Waals surface area contributed by atoms with Gasteiger partial charge in [0.1, 0.15) is 0 Å². The second-order valence-electron chi connectivity index (χ2n) is 4.64. The molecule has 3 heteroatoms. The molecule has 0 fully saturated rings. The van der Waals surface area contributed by atoms with Gasteiger partial charge in [0.2, 0.25) is 0 Å². The third kappa shape index (κ3) is 3.79. The van der Waals surface area contributed by atoms with Gasteiger partial charge in [-0.2, -0.15) is 0 Å². The maximum absolute atomic E-state index is 5.96. The second-order valence-corrected chi connectivity index (χ2v) is 5.07.